The molecular weight excluding hydrogens is 146 g/mol. The number of nitrogens with two attached hydrogens (primary N) is 2. The van der Waals surface area contributed by atoms with Crippen molar-refractivity contribution in [3.05, 3.63) is 0 Å². The van der Waals surface area contributed by atoms with E-state index in [0.29, 0.717) is 0 Å². The summed E-state index contributed by atoms with van der Waals surface area (Å²) in [6.07, 6.45) is 0.145. The highest BCUT2D eigenvalue weighted by Gasteiger charge is 2.07. The lowest BCUT2D eigenvalue weighted by atomic mass is 10.2. The van der Waals surface area contributed by atoms with Gasteiger partial charge in [-0.05, 0) is 6.92 Å². The Kier molecular flexibility index (Phi) is 4.21. The molecule has 0 saturated carbocycles. The smallest absolute Gasteiger partial charge is 0.233 e. The van der Waals surface area contributed by atoms with Crippen LogP contribution in [0.4, 0.5) is 0 Å². The number of primary amides is 1. The molecule has 0 heterocycles. The van der Waals surface area contributed by atoms with E-state index in [4.69, 9.17) is 11.5 Å². The van der Waals surface area contributed by atoms with Crippen molar-refractivity contribution in [2.24, 2.45) is 11.5 Å². The van der Waals surface area contributed by atoms with Gasteiger partial charge in [-0.1, -0.05) is 0 Å². The van der Waals surface area contributed by atoms with Crippen molar-refractivity contribution in [2.75, 3.05) is 6.54 Å². The first kappa shape index (κ1) is 9.90. The molecule has 0 aromatic carbocycles. The van der Waals surface area contributed by atoms with Gasteiger partial charge in [0.1, 0.15) is 0 Å². The lowest BCUT2D eigenvalue weighted by Crippen LogP contribution is -2.39. The Bertz CT molecular complexity index is 158. The summed E-state index contributed by atoms with van der Waals surface area (Å²) in [5.41, 5.74) is 9.91. The van der Waals surface area contributed by atoms with E-state index in [1.807, 2.05) is 0 Å². The lowest BCUT2D eigenvalue weighted by Gasteiger charge is -2.09. The first-order valence-corrected chi connectivity index (χ1v) is 3.34. The zero-order valence-corrected chi connectivity index (χ0v) is 6.46. The minimum atomic E-state index is -0.435. The number of carbonyl (C=O) groups is 2. The highest BCUT2D eigenvalue weighted by atomic mass is 16.2. The minimum Gasteiger partial charge on any atom is -0.370 e. The molecule has 0 aliphatic heterocycles. The summed E-state index contributed by atoms with van der Waals surface area (Å²) >= 11 is 0. The van der Waals surface area contributed by atoms with Crippen LogP contribution in [0.1, 0.15) is 13.3 Å². The summed E-state index contributed by atoms with van der Waals surface area (Å²) in [4.78, 5) is 20.9. The monoisotopic (exact) mass is 159 g/mol. The van der Waals surface area contributed by atoms with Crippen molar-refractivity contribution < 1.29 is 9.59 Å². The van der Waals surface area contributed by atoms with Gasteiger partial charge in [0.2, 0.25) is 11.8 Å². The van der Waals surface area contributed by atoms with Gasteiger partial charge in [0, 0.05) is 12.5 Å². The van der Waals surface area contributed by atoms with E-state index >= 15 is 0 Å². The second kappa shape index (κ2) is 4.68. The molecule has 0 aliphatic rings. The molecule has 0 saturated heterocycles. The van der Waals surface area contributed by atoms with Gasteiger partial charge in [-0.25, -0.2) is 0 Å². The van der Waals surface area contributed by atoms with Crippen molar-refractivity contribution in [3.63, 3.8) is 0 Å². The molecule has 11 heavy (non-hydrogen) atoms. The van der Waals surface area contributed by atoms with Crippen molar-refractivity contribution in [2.45, 2.75) is 19.4 Å². The maximum absolute atomic E-state index is 10.6. The zero-order chi connectivity index (χ0) is 8.85. The third-order valence-corrected chi connectivity index (χ3v) is 1.10. The van der Waals surface area contributed by atoms with Crippen molar-refractivity contribution in [1.82, 2.24) is 5.32 Å². The van der Waals surface area contributed by atoms with Crippen LogP contribution in [0.5, 0.6) is 0 Å². The molecule has 0 unspecified atom stereocenters. The van der Waals surface area contributed by atoms with E-state index in [-0.39, 0.29) is 24.9 Å². The van der Waals surface area contributed by atoms with E-state index in [0.717, 1.165) is 0 Å². The summed E-state index contributed by atoms with van der Waals surface area (Å²) in [7, 11) is 0. The van der Waals surface area contributed by atoms with Crippen molar-refractivity contribution >= 4 is 11.8 Å². The Morgan fingerprint density at radius 1 is 1.55 bits per heavy atom. The lowest BCUT2D eigenvalue weighted by molar-refractivity contribution is -0.121. The fourth-order valence-electron chi connectivity index (χ4n) is 0.687. The van der Waals surface area contributed by atoms with E-state index in [2.05, 4.69) is 5.32 Å². The fraction of sp³-hybridized carbons (Fsp3) is 0.667. The maximum atomic E-state index is 10.6. The normalized spacial score (nSPS) is 12.2. The number of amides is 2. The van der Waals surface area contributed by atoms with Crippen LogP contribution in [-0.4, -0.2) is 24.4 Å². The predicted molar refractivity (Wildman–Crippen MR) is 40.5 cm³/mol. The summed E-state index contributed by atoms with van der Waals surface area (Å²) in [6, 6.07) is -0.233. The molecule has 0 rings (SSSR count). The standard InChI is InChI=1S/C6H13N3O2/c1-4(2-5(8)10)9-6(11)3-7/h4H,2-3,7H2,1H3,(H2,8,10)(H,9,11)/t4-/m1/s1. The first-order valence-electron chi connectivity index (χ1n) is 3.34. The van der Waals surface area contributed by atoms with E-state index in [9.17, 15) is 9.59 Å². The molecule has 0 aromatic rings. The van der Waals surface area contributed by atoms with Crippen LogP contribution in [0.25, 0.3) is 0 Å². The average molecular weight is 159 g/mol. The molecule has 0 aliphatic carbocycles. The predicted octanol–water partition coefficient (Wildman–Crippen LogP) is -1.67. The van der Waals surface area contributed by atoms with Crippen LogP contribution in [0, 0.1) is 0 Å². The van der Waals surface area contributed by atoms with E-state index in [1.165, 1.54) is 0 Å². The molecule has 64 valence electrons. The second-order valence-electron chi connectivity index (χ2n) is 2.34. The van der Waals surface area contributed by atoms with Crippen LogP contribution >= 0.6 is 0 Å². The van der Waals surface area contributed by atoms with Crippen LogP contribution in [0.3, 0.4) is 0 Å². The zero-order valence-electron chi connectivity index (χ0n) is 6.46. The second-order valence-corrected chi connectivity index (χ2v) is 2.34. The molecule has 0 radical (unpaired) electrons. The van der Waals surface area contributed by atoms with E-state index in [1.54, 1.807) is 6.92 Å². The number of hydrogen-bond acceptors (Lipinski definition) is 3. The molecule has 0 aromatic heterocycles. The SMILES string of the molecule is C[C@H](CC(N)=O)NC(=O)CN. The summed E-state index contributed by atoms with van der Waals surface area (Å²) < 4.78 is 0. The molecule has 5 nitrogen and oxygen atoms in total. The molecule has 0 fully saturated rings. The third kappa shape index (κ3) is 5.35. The molecule has 5 N–H and O–H groups in total. The highest BCUT2D eigenvalue weighted by Crippen LogP contribution is 1.87. The van der Waals surface area contributed by atoms with Gasteiger partial charge >= 0.3 is 0 Å². The Morgan fingerprint density at radius 3 is 2.45 bits per heavy atom. The fourth-order valence-corrected chi connectivity index (χ4v) is 0.687. The average Bonchev–Trinajstić information content (AvgIpc) is 1.85. The van der Waals surface area contributed by atoms with Gasteiger partial charge in [0.15, 0.2) is 0 Å². The summed E-state index contributed by atoms with van der Waals surface area (Å²) in [5.74, 6) is -0.714. The van der Waals surface area contributed by atoms with Crippen LogP contribution in [0.2, 0.25) is 0 Å². The van der Waals surface area contributed by atoms with Gasteiger partial charge in [0.05, 0.1) is 6.54 Å². The third-order valence-electron chi connectivity index (χ3n) is 1.10. The minimum absolute atomic E-state index is 0.0664. The van der Waals surface area contributed by atoms with E-state index < -0.39 is 5.91 Å². The van der Waals surface area contributed by atoms with Crippen LogP contribution in [0.15, 0.2) is 0 Å². The number of nitrogens with one attached hydrogen (secondary N) is 1. The molecule has 1 atom stereocenters. The Morgan fingerprint density at radius 2 is 2.09 bits per heavy atom. The molecule has 0 spiro atoms. The van der Waals surface area contributed by atoms with Gasteiger partial charge in [0.25, 0.3) is 0 Å². The Labute approximate surface area is 65.1 Å². The maximum Gasteiger partial charge on any atom is 0.233 e. The quantitative estimate of drug-likeness (QED) is 0.457. The largest absolute Gasteiger partial charge is 0.370 e. The summed E-state index contributed by atoms with van der Waals surface area (Å²) in [5, 5.41) is 2.50. The topological polar surface area (TPSA) is 98.2 Å². The summed E-state index contributed by atoms with van der Waals surface area (Å²) in [6.45, 7) is 1.63. The Hall–Kier alpha value is -1.10. The van der Waals surface area contributed by atoms with Crippen LogP contribution < -0.4 is 16.8 Å². The molecule has 0 bridgehead atoms. The van der Waals surface area contributed by atoms with Gasteiger partial charge in [-0.15, -0.1) is 0 Å². The molecule has 5 heteroatoms. The number of rotatable bonds is 4. The Balaban J connectivity index is 3.60. The molecule has 2 amide bonds. The van der Waals surface area contributed by atoms with Crippen LogP contribution in [-0.2, 0) is 9.59 Å². The van der Waals surface area contributed by atoms with Crippen molar-refractivity contribution in [3.8, 4) is 0 Å². The first-order chi connectivity index (χ1) is 5.06. The van der Waals surface area contributed by atoms with Crippen molar-refractivity contribution in [1.29, 1.82) is 0 Å². The van der Waals surface area contributed by atoms with Gasteiger partial charge in [-0.2, -0.15) is 0 Å². The van der Waals surface area contributed by atoms with Gasteiger partial charge < -0.3 is 16.8 Å². The molecular formula is C6H13N3O2. The van der Waals surface area contributed by atoms with Gasteiger partial charge in [-0.3, -0.25) is 9.59 Å². The highest BCUT2D eigenvalue weighted by molar-refractivity contribution is 5.79. The number of hydrogen-bond donors (Lipinski definition) is 3. The number of carbonyl (C=O) groups excluding carboxylic acids is 2.